The summed E-state index contributed by atoms with van der Waals surface area (Å²) in [4.78, 5) is 27.5. The molecule has 0 N–H and O–H groups in total. The molecule has 0 aliphatic rings. The Kier molecular flexibility index (Phi) is 4.31. The normalized spacial score (nSPS) is 10.3. The van der Waals surface area contributed by atoms with E-state index in [2.05, 4.69) is 4.98 Å². The second kappa shape index (κ2) is 5.98. The number of nitro groups is 1. The van der Waals surface area contributed by atoms with E-state index >= 15 is 0 Å². The Bertz CT molecular complexity index is 645. The second-order valence-electron chi connectivity index (χ2n) is 4.08. The first kappa shape index (κ1) is 14.4. The lowest BCUT2D eigenvalue weighted by Gasteiger charge is -2.16. The van der Waals surface area contributed by atoms with Crippen molar-refractivity contribution in [3.63, 3.8) is 0 Å². The van der Waals surface area contributed by atoms with Crippen molar-refractivity contribution < 1.29 is 9.72 Å². The molecule has 0 bridgehead atoms. The number of aromatic nitrogens is 1. The summed E-state index contributed by atoms with van der Waals surface area (Å²) in [6, 6.07) is 3.05. The molecule has 0 radical (unpaired) electrons. The molecule has 0 unspecified atom stereocenters. The summed E-state index contributed by atoms with van der Waals surface area (Å²) in [5.74, 6) is -0.405. The zero-order valence-electron chi connectivity index (χ0n) is 10.4. The van der Waals surface area contributed by atoms with E-state index in [1.165, 1.54) is 16.2 Å². The van der Waals surface area contributed by atoms with Crippen molar-refractivity contribution in [3.05, 3.63) is 55.5 Å². The molecular formula is C12H10ClN3O3S. The maximum absolute atomic E-state index is 12.2. The molecule has 0 aliphatic heterocycles. The number of carbonyl (C=O) groups excluding carboxylic acids is 1. The van der Waals surface area contributed by atoms with E-state index in [4.69, 9.17) is 11.6 Å². The van der Waals surface area contributed by atoms with Gasteiger partial charge in [-0.1, -0.05) is 11.6 Å². The number of pyridine rings is 1. The molecular weight excluding hydrogens is 302 g/mol. The third kappa shape index (κ3) is 3.12. The highest BCUT2D eigenvalue weighted by atomic mass is 35.5. The largest absolute Gasteiger partial charge is 0.337 e. The molecule has 20 heavy (non-hydrogen) atoms. The molecule has 0 spiro atoms. The fourth-order valence-corrected chi connectivity index (χ4v) is 2.46. The van der Waals surface area contributed by atoms with Crippen LogP contribution in [0.4, 0.5) is 5.69 Å². The molecule has 0 atom stereocenters. The van der Waals surface area contributed by atoms with Crippen LogP contribution < -0.4 is 0 Å². The van der Waals surface area contributed by atoms with E-state index in [9.17, 15) is 14.9 Å². The van der Waals surface area contributed by atoms with Gasteiger partial charge >= 0.3 is 0 Å². The Morgan fingerprint density at radius 3 is 2.95 bits per heavy atom. The predicted molar refractivity (Wildman–Crippen MR) is 76.0 cm³/mol. The summed E-state index contributed by atoms with van der Waals surface area (Å²) in [6.07, 6.45) is 1.03. The van der Waals surface area contributed by atoms with Crippen LogP contribution in [0.3, 0.4) is 0 Å². The molecule has 8 heteroatoms. The predicted octanol–water partition coefficient (Wildman–Crippen LogP) is 2.98. The van der Waals surface area contributed by atoms with Gasteiger partial charge in [-0.15, -0.1) is 0 Å². The lowest BCUT2D eigenvalue weighted by Crippen LogP contribution is -2.26. The van der Waals surface area contributed by atoms with Gasteiger partial charge in [-0.05, 0) is 22.4 Å². The number of hydrogen-bond donors (Lipinski definition) is 0. The summed E-state index contributed by atoms with van der Waals surface area (Å²) in [5, 5.41) is 14.5. The van der Waals surface area contributed by atoms with Crippen molar-refractivity contribution in [2.24, 2.45) is 0 Å². The minimum atomic E-state index is -0.612. The average Bonchev–Trinajstić information content (AvgIpc) is 2.91. The summed E-state index contributed by atoms with van der Waals surface area (Å²) in [6.45, 7) is 0.404. The zero-order valence-corrected chi connectivity index (χ0v) is 12.0. The van der Waals surface area contributed by atoms with Gasteiger partial charge in [-0.2, -0.15) is 11.3 Å². The van der Waals surface area contributed by atoms with Gasteiger partial charge in [0.2, 0.25) is 0 Å². The monoisotopic (exact) mass is 311 g/mol. The van der Waals surface area contributed by atoms with Gasteiger partial charge in [-0.25, -0.2) is 4.98 Å². The Balaban J connectivity index is 2.23. The van der Waals surface area contributed by atoms with E-state index in [0.717, 1.165) is 17.8 Å². The molecule has 0 aromatic carbocycles. The van der Waals surface area contributed by atoms with Crippen LogP contribution >= 0.6 is 22.9 Å². The van der Waals surface area contributed by atoms with Crippen LogP contribution in [0.1, 0.15) is 15.9 Å². The highest BCUT2D eigenvalue weighted by Crippen LogP contribution is 2.21. The third-order valence-electron chi connectivity index (χ3n) is 2.61. The highest BCUT2D eigenvalue weighted by Gasteiger charge is 2.20. The van der Waals surface area contributed by atoms with Crippen LogP contribution in [0.5, 0.6) is 0 Å². The van der Waals surface area contributed by atoms with Crippen molar-refractivity contribution in [2.75, 3.05) is 7.05 Å². The van der Waals surface area contributed by atoms with Gasteiger partial charge in [0.1, 0.15) is 11.3 Å². The Hall–Kier alpha value is -1.99. The van der Waals surface area contributed by atoms with Crippen molar-refractivity contribution in [3.8, 4) is 0 Å². The van der Waals surface area contributed by atoms with Crippen molar-refractivity contribution in [1.29, 1.82) is 0 Å². The smallest absolute Gasteiger partial charge is 0.288 e. The van der Waals surface area contributed by atoms with Crippen LogP contribution in [0, 0.1) is 10.1 Å². The molecule has 2 aromatic heterocycles. The first-order valence-corrected chi connectivity index (χ1v) is 6.87. The number of carbonyl (C=O) groups is 1. The van der Waals surface area contributed by atoms with Crippen LogP contribution in [-0.2, 0) is 6.54 Å². The van der Waals surface area contributed by atoms with E-state index in [1.54, 1.807) is 7.05 Å². The van der Waals surface area contributed by atoms with Crippen LogP contribution in [0.15, 0.2) is 29.1 Å². The minimum Gasteiger partial charge on any atom is -0.337 e. The molecule has 0 aliphatic carbocycles. The molecule has 0 saturated carbocycles. The van der Waals surface area contributed by atoms with E-state index < -0.39 is 10.8 Å². The summed E-state index contributed by atoms with van der Waals surface area (Å²) < 4.78 is 0. The number of amides is 1. The van der Waals surface area contributed by atoms with Gasteiger partial charge in [0.25, 0.3) is 11.6 Å². The quantitative estimate of drug-likeness (QED) is 0.494. The molecule has 2 rings (SSSR count). The third-order valence-corrected chi connectivity index (χ3v) is 3.65. The summed E-state index contributed by atoms with van der Waals surface area (Å²) in [5.41, 5.74) is 0.751. The van der Waals surface area contributed by atoms with Gasteiger partial charge < -0.3 is 4.90 Å². The molecule has 6 nitrogen and oxygen atoms in total. The van der Waals surface area contributed by atoms with Crippen molar-refractivity contribution >= 4 is 34.5 Å². The summed E-state index contributed by atoms with van der Waals surface area (Å²) >= 11 is 7.38. The number of nitrogens with zero attached hydrogens (tertiary/aromatic N) is 3. The molecule has 104 valence electrons. The van der Waals surface area contributed by atoms with Gasteiger partial charge in [0.05, 0.1) is 10.5 Å². The number of hydrogen-bond acceptors (Lipinski definition) is 5. The number of halogens is 1. The highest BCUT2D eigenvalue weighted by molar-refractivity contribution is 7.07. The van der Waals surface area contributed by atoms with E-state index in [-0.39, 0.29) is 16.4 Å². The van der Waals surface area contributed by atoms with Crippen molar-refractivity contribution in [2.45, 2.75) is 6.54 Å². The zero-order chi connectivity index (χ0) is 14.7. The lowest BCUT2D eigenvalue weighted by atomic mass is 10.2. The maximum atomic E-state index is 12.2. The Labute approximate surface area is 123 Å². The molecule has 1 amide bonds. The topological polar surface area (TPSA) is 76.3 Å². The average molecular weight is 312 g/mol. The first-order valence-electron chi connectivity index (χ1n) is 5.55. The molecule has 0 fully saturated rings. The molecule has 0 saturated heterocycles. The van der Waals surface area contributed by atoms with Crippen molar-refractivity contribution in [1.82, 2.24) is 9.88 Å². The fourth-order valence-electron chi connectivity index (χ4n) is 1.62. The van der Waals surface area contributed by atoms with Crippen LogP contribution in [0.2, 0.25) is 5.15 Å². The van der Waals surface area contributed by atoms with E-state index in [0.29, 0.717) is 6.54 Å². The van der Waals surface area contributed by atoms with Gasteiger partial charge in [0.15, 0.2) is 0 Å². The SMILES string of the molecule is CN(Cc1ccsc1)C(=O)c1cc([N+](=O)[O-])cnc1Cl. The molecule has 2 aromatic rings. The lowest BCUT2D eigenvalue weighted by molar-refractivity contribution is -0.385. The number of thiophene rings is 1. The van der Waals surface area contributed by atoms with Gasteiger partial charge in [-0.3, -0.25) is 14.9 Å². The van der Waals surface area contributed by atoms with Gasteiger partial charge in [0, 0.05) is 19.7 Å². The molecule has 2 heterocycles. The Morgan fingerprint density at radius 2 is 2.35 bits per heavy atom. The standard InChI is InChI=1S/C12H10ClN3O3S/c1-15(6-8-2-3-20-7-8)12(17)10-4-9(16(18)19)5-14-11(10)13/h2-5,7H,6H2,1H3. The maximum Gasteiger partial charge on any atom is 0.288 e. The van der Waals surface area contributed by atoms with Crippen LogP contribution in [0.25, 0.3) is 0 Å². The summed E-state index contributed by atoms with van der Waals surface area (Å²) in [7, 11) is 1.61. The van der Waals surface area contributed by atoms with E-state index in [1.807, 2.05) is 16.8 Å². The first-order chi connectivity index (χ1) is 9.49. The number of rotatable bonds is 4. The Morgan fingerprint density at radius 1 is 1.60 bits per heavy atom. The van der Waals surface area contributed by atoms with Crippen LogP contribution in [-0.4, -0.2) is 27.8 Å². The second-order valence-corrected chi connectivity index (χ2v) is 5.22. The minimum absolute atomic E-state index is 0.0265. The fraction of sp³-hybridized carbons (Fsp3) is 0.167.